The molecule has 0 aliphatic carbocycles. The summed E-state index contributed by atoms with van der Waals surface area (Å²) in [5.41, 5.74) is 4.65. The van der Waals surface area contributed by atoms with Crippen LogP contribution in [0.25, 0.3) is 0 Å². The number of hydrogen-bond donors (Lipinski definition) is 3. The van der Waals surface area contributed by atoms with Crippen LogP contribution >= 0.6 is 11.8 Å². The molecular formula is C10H12N2O6S. The van der Waals surface area contributed by atoms with Crippen molar-refractivity contribution in [2.24, 2.45) is 11.7 Å². The van der Waals surface area contributed by atoms with Crippen LogP contribution in [-0.2, 0) is 14.3 Å². The molecule has 0 radical (unpaired) electrons. The van der Waals surface area contributed by atoms with Gasteiger partial charge in [-0.15, -0.1) is 0 Å². The average molecular weight is 288 g/mol. The van der Waals surface area contributed by atoms with Crippen LogP contribution in [-0.4, -0.2) is 51.7 Å². The van der Waals surface area contributed by atoms with Crippen molar-refractivity contribution in [2.75, 3.05) is 13.2 Å². The standard InChI is InChI=1S/C10H12N2O6S/c11-10(17)18-3-5-6(9(15)16)12-7(14)4(1-2-13)8(12)19-5/h4,8,13H,1-3H2,(H2,11,17)(H,15,16)/t4-,8-/m0/s1. The van der Waals surface area contributed by atoms with Crippen LogP contribution in [0.4, 0.5) is 4.79 Å². The van der Waals surface area contributed by atoms with Gasteiger partial charge >= 0.3 is 12.1 Å². The molecule has 9 heteroatoms. The maximum absolute atomic E-state index is 11.8. The average Bonchev–Trinajstić information content (AvgIpc) is 2.68. The predicted octanol–water partition coefficient (Wildman–Crippen LogP) is -0.708. The van der Waals surface area contributed by atoms with Crippen molar-refractivity contribution >= 4 is 29.7 Å². The first kappa shape index (κ1) is 13.7. The van der Waals surface area contributed by atoms with E-state index in [0.717, 1.165) is 16.7 Å². The Hall–Kier alpha value is -1.74. The third-order valence-electron chi connectivity index (χ3n) is 2.91. The quantitative estimate of drug-likeness (QED) is 0.570. The van der Waals surface area contributed by atoms with E-state index >= 15 is 0 Å². The highest BCUT2D eigenvalue weighted by molar-refractivity contribution is 8.04. The first-order valence-corrected chi connectivity index (χ1v) is 6.34. The summed E-state index contributed by atoms with van der Waals surface area (Å²) in [6.07, 6.45) is -0.727. The molecule has 2 atom stereocenters. The zero-order valence-electron chi connectivity index (χ0n) is 9.74. The molecule has 0 aromatic heterocycles. The normalized spacial score (nSPS) is 25.1. The topological polar surface area (TPSA) is 130 Å². The zero-order valence-corrected chi connectivity index (χ0v) is 10.6. The minimum atomic E-state index is -1.26. The molecule has 1 fully saturated rings. The Bertz CT molecular complexity index is 477. The van der Waals surface area contributed by atoms with Crippen molar-refractivity contribution in [1.82, 2.24) is 4.90 Å². The number of nitrogens with two attached hydrogens (primary N) is 1. The molecule has 104 valence electrons. The summed E-state index contributed by atoms with van der Waals surface area (Å²) >= 11 is 1.15. The van der Waals surface area contributed by atoms with E-state index in [2.05, 4.69) is 4.74 Å². The number of carbonyl (C=O) groups excluding carboxylic acids is 2. The number of aliphatic hydroxyl groups excluding tert-OH is 1. The molecular weight excluding hydrogens is 276 g/mol. The molecule has 8 nitrogen and oxygen atoms in total. The van der Waals surface area contributed by atoms with Gasteiger partial charge in [-0.25, -0.2) is 9.59 Å². The maximum Gasteiger partial charge on any atom is 0.404 e. The van der Waals surface area contributed by atoms with Gasteiger partial charge in [-0.1, -0.05) is 11.8 Å². The second-order valence-corrected chi connectivity index (χ2v) is 5.23. The van der Waals surface area contributed by atoms with Crippen LogP contribution in [0, 0.1) is 5.92 Å². The number of aliphatic carboxylic acids is 1. The largest absolute Gasteiger partial charge is 0.477 e. The smallest absolute Gasteiger partial charge is 0.404 e. The van der Waals surface area contributed by atoms with Gasteiger partial charge in [0.1, 0.15) is 12.3 Å². The van der Waals surface area contributed by atoms with E-state index in [1.54, 1.807) is 0 Å². The number of carbonyl (C=O) groups is 3. The van der Waals surface area contributed by atoms with E-state index in [1.165, 1.54) is 0 Å². The van der Waals surface area contributed by atoms with Crippen LogP contribution in [0.5, 0.6) is 0 Å². The Morgan fingerprint density at radius 2 is 2.16 bits per heavy atom. The Balaban J connectivity index is 2.16. The van der Waals surface area contributed by atoms with E-state index in [0.29, 0.717) is 0 Å². The number of primary amides is 1. The molecule has 2 aliphatic heterocycles. The number of nitrogens with zero attached hydrogens (tertiary/aromatic N) is 1. The SMILES string of the molecule is NC(=O)OCC1=C(C(=O)O)N2C(=O)[C@H](CCO)[C@@H]2S1. The third kappa shape index (κ3) is 2.26. The molecule has 0 aromatic carbocycles. The number of ether oxygens (including phenoxy) is 1. The van der Waals surface area contributed by atoms with Crippen LogP contribution in [0.1, 0.15) is 6.42 Å². The number of rotatable bonds is 5. The fourth-order valence-electron chi connectivity index (χ4n) is 2.10. The van der Waals surface area contributed by atoms with Crippen molar-refractivity contribution in [1.29, 1.82) is 0 Å². The van der Waals surface area contributed by atoms with Crippen molar-refractivity contribution in [2.45, 2.75) is 11.8 Å². The minimum absolute atomic E-state index is 0.142. The molecule has 2 rings (SSSR count). The summed E-state index contributed by atoms with van der Waals surface area (Å²) in [6.45, 7) is -0.412. The summed E-state index contributed by atoms with van der Waals surface area (Å²) in [6, 6.07) is 0. The van der Waals surface area contributed by atoms with Crippen molar-refractivity contribution < 1.29 is 29.3 Å². The Morgan fingerprint density at radius 1 is 1.47 bits per heavy atom. The zero-order chi connectivity index (χ0) is 14.2. The number of hydrogen-bond acceptors (Lipinski definition) is 6. The number of amides is 2. The van der Waals surface area contributed by atoms with Gasteiger partial charge in [0.05, 0.1) is 16.2 Å². The van der Waals surface area contributed by atoms with Crippen LogP contribution < -0.4 is 5.73 Å². The molecule has 0 unspecified atom stereocenters. The van der Waals surface area contributed by atoms with Gasteiger partial charge in [-0.3, -0.25) is 9.69 Å². The molecule has 0 spiro atoms. The second kappa shape index (κ2) is 5.10. The second-order valence-electron chi connectivity index (χ2n) is 4.02. The van der Waals surface area contributed by atoms with Crippen molar-refractivity contribution in [3.63, 3.8) is 0 Å². The Kier molecular flexibility index (Phi) is 3.67. The van der Waals surface area contributed by atoms with Crippen LogP contribution in [0.2, 0.25) is 0 Å². The lowest BCUT2D eigenvalue weighted by atomic mass is 9.94. The highest BCUT2D eigenvalue weighted by atomic mass is 32.2. The fourth-order valence-corrected chi connectivity index (χ4v) is 3.55. The first-order chi connectivity index (χ1) is 8.97. The molecule has 2 heterocycles. The van der Waals surface area contributed by atoms with E-state index in [-0.39, 0.29) is 41.5 Å². The Labute approximate surface area is 112 Å². The molecule has 19 heavy (non-hydrogen) atoms. The van der Waals surface area contributed by atoms with E-state index in [4.69, 9.17) is 15.9 Å². The van der Waals surface area contributed by atoms with Crippen LogP contribution in [0.3, 0.4) is 0 Å². The monoisotopic (exact) mass is 288 g/mol. The van der Waals surface area contributed by atoms with Gasteiger partial charge in [0, 0.05) is 6.61 Å². The number of β-lactam (4-membered cyclic amide) rings is 1. The number of aliphatic hydroxyl groups is 1. The maximum atomic E-state index is 11.8. The van der Waals surface area contributed by atoms with E-state index < -0.39 is 18.0 Å². The predicted molar refractivity (Wildman–Crippen MR) is 63.6 cm³/mol. The molecule has 4 N–H and O–H groups in total. The molecule has 0 aromatic rings. The lowest BCUT2D eigenvalue weighted by molar-refractivity contribution is -0.152. The summed E-state index contributed by atoms with van der Waals surface area (Å²) in [5.74, 6) is -2.00. The molecule has 1 saturated heterocycles. The van der Waals surface area contributed by atoms with Gasteiger partial charge in [0.15, 0.2) is 0 Å². The summed E-state index contributed by atoms with van der Waals surface area (Å²) < 4.78 is 4.57. The van der Waals surface area contributed by atoms with Gasteiger partial charge in [-0.05, 0) is 6.42 Å². The highest BCUT2D eigenvalue weighted by Crippen LogP contribution is 2.50. The number of carboxylic acids is 1. The lowest BCUT2D eigenvalue weighted by Crippen LogP contribution is -2.57. The molecule has 0 bridgehead atoms. The number of thioether (sulfide) groups is 1. The van der Waals surface area contributed by atoms with E-state index in [1.807, 2.05) is 0 Å². The number of carboxylic acid groups (broad SMARTS) is 1. The van der Waals surface area contributed by atoms with E-state index in [9.17, 15) is 14.4 Å². The highest BCUT2D eigenvalue weighted by Gasteiger charge is 2.55. The summed E-state index contributed by atoms with van der Waals surface area (Å²) in [5, 5.41) is 17.6. The Morgan fingerprint density at radius 3 is 2.68 bits per heavy atom. The lowest BCUT2D eigenvalue weighted by Gasteiger charge is -2.42. The van der Waals surface area contributed by atoms with Crippen molar-refractivity contribution in [3.8, 4) is 0 Å². The van der Waals surface area contributed by atoms with Gasteiger partial charge in [0.25, 0.3) is 0 Å². The summed E-state index contributed by atoms with van der Waals surface area (Å²) in [7, 11) is 0. The fraction of sp³-hybridized carbons (Fsp3) is 0.500. The minimum Gasteiger partial charge on any atom is -0.477 e. The number of fused-ring (bicyclic) bond motifs is 1. The first-order valence-electron chi connectivity index (χ1n) is 5.46. The molecule has 0 saturated carbocycles. The van der Waals surface area contributed by atoms with Gasteiger partial charge < -0.3 is 20.7 Å². The van der Waals surface area contributed by atoms with Crippen molar-refractivity contribution in [3.05, 3.63) is 10.6 Å². The summed E-state index contributed by atoms with van der Waals surface area (Å²) in [4.78, 5) is 35.0. The molecule has 2 amide bonds. The molecule has 2 aliphatic rings. The third-order valence-corrected chi connectivity index (χ3v) is 4.29. The van der Waals surface area contributed by atoms with Crippen LogP contribution in [0.15, 0.2) is 10.6 Å². The van der Waals surface area contributed by atoms with Gasteiger partial charge in [0.2, 0.25) is 5.91 Å². The van der Waals surface area contributed by atoms with Gasteiger partial charge in [-0.2, -0.15) is 0 Å².